The summed E-state index contributed by atoms with van der Waals surface area (Å²) in [6.07, 6.45) is 0.630. The van der Waals surface area contributed by atoms with Gasteiger partial charge >= 0.3 is 5.69 Å². The van der Waals surface area contributed by atoms with Crippen molar-refractivity contribution in [3.8, 4) is 11.5 Å². The molecule has 152 valence electrons. The van der Waals surface area contributed by atoms with Gasteiger partial charge in [0.25, 0.3) is 5.56 Å². The zero-order valence-electron chi connectivity index (χ0n) is 16.6. The maximum Gasteiger partial charge on any atom is 0.331 e. The topological polar surface area (TPSA) is 91.6 Å². The number of amides is 1. The van der Waals surface area contributed by atoms with Crippen LogP contribution >= 0.6 is 0 Å². The summed E-state index contributed by atoms with van der Waals surface area (Å²) in [7, 11) is 3.03. The molecule has 0 spiro atoms. The molecule has 0 atom stereocenters. The van der Waals surface area contributed by atoms with Crippen LogP contribution in [0.4, 0.5) is 5.69 Å². The van der Waals surface area contributed by atoms with Crippen LogP contribution in [0.25, 0.3) is 10.9 Å². The van der Waals surface area contributed by atoms with Gasteiger partial charge in [0.1, 0.15) is 6.54 Å². The molecule has 3 aromatic rings. The van der Waals surface area contributed by atoms with E-state index < -0.39 is 11.6 Å². The van der Waals surface area contributed by atoms with Crippen LogP contribution in [0.2, 0.25) is 0 Å². The van der Waals surface area contributed by atoms with Gasteiger partial charge in [-0.25, -0.2) is 4.79 Å². The highest BCUT2D eigenvalue weighted by Gasteiger charge is 2.15. The molecule has 1 amide bonds. The van der Waals surface area contributed by atoms with Crippen molar-refractivity contribution in [1.29, 1.82) is 0 Å². The third kappa shape index (κ3) is 4.01. The number of hydrogen-bond acceptors (Lipinski definition) is 5. The first-order valence-electron chi connectivity index (χ1n) is 9.24. The number of para-hydroxylation sites is 1. The van der Waals surface area contributed by atoms with E-state index in [1.807, 2.05) is 6.92 Å². The summed E-state index contributed by atoms with van der Waals surface area (Å²) in [5, 5.41) is 3.16. The van der Waals surface area contributed by atoms with E-state index in [1.54, 1.807) is 42.5 Å². The Balaban J connectivity index is 1.97. The number of benzene rings is 2. The lowest BCUT2D eigenvalue weighted by Crippen LogP contribution is -2.41. The standard InChI is InChI=1S/C21H23N3O5/c1-4-11-23-20(26)15-7-5-6-8-16(15)24(21(23)27)13-19(25)22-14-9-10-17(28-2)18(12-14)29-3/h5-10,12H,4,11,13H2,1-3H3,(H,22,25). The number of ether oxygens (including phenoxy) is 2. The molecule has 29 heavy (non-hydrogen) atoms. The Kier molecular flexibility index (Phi) is 6.01. The summed E-state index contributed by atoms with van der Waals surface area (Å²) in [6.45, 7) is 1.95. The Labute approximate surface area is 167 Å². The zero-order valence-corrected chi connectivity index (χ0v) is 16.6. The number of carbonyl (C=O) groups is 1. The molecular weight excluding hydrogens is 374 g/mol. The number of methoxy groups -OCH3 is 2. The third-order valence-electron chi connectivity index (χ3n) is 4.55. The van der Waals surface area contributed by atoms with E-state index >= 15 is 0 Å². The summed E-state index contributed by atoms with van der Waals surface area (Å²) in [4.78, 5) is 38.2. The quantitative estimate of drug-likeness (QED) is 0.660. The number of aromatic nitrogens is 2. The first-order valence-corrected chi connectivity index (χ1v) is 9.24. The maximum atomic E-state index is 12.9. The van der Waals surface area contributed by atoms with E-state index in [0.717, 1.165) is 0 Å². The number of nitrogens with zero attached hydrogens (tertiary/aromatic N) is 2. The van der Waals surface area contributed by atoms with Crippen LogP contribution in [0.3, 0.4) is 0 Å². The number of hydrogen-bond donors (Lipinski definition) is 1. The minimum atomic E-state index is -0.502. The number of nitrogens with one attached hydrogen (secondary N) is 1. The van der Waals surface area contributed by atoms with Crippen molar-refractivity contribution in [2.45, 2.75) is 26.4 Å². The van der Waals surface area contributed by atoms with Crippen molar-refractivity contribution >= 4 is 22.5 Å². The molecule has 0 fully saturated rings. The molecule has 0 unspecified atom stereocenters. The highest BCUT2D eigenvalue weighted by Crippen LogP contribution is 2.29. The van der Waals surface area contributed by atoms with Crippen LogP contribution in [-0.4, -0.2) is 29.3 Å². The van der Waals surface area contributed by atoms with E-state index in [2.05, 4.69) is 5.32 Å². The number of anilines is 1. The maximum absolute atomic E-state index is 12.9. The van der Waals surface area contributed by atoms with Crippen molar-refractivity contribution in [1.82, 2.24) is 9.13 Å². The Morgan fingerprint density at radius 2 is 1.72 bits per heavy atom. The van der Waals surface area contributed by atoms with Gasteiger partial charge in [0.2, 0.25) is 5.91 Å². The third-order valence-corrected chi connectivity index (χ3v) is 4.55. The van der Waals surface area contributed by atoms with E-state index in [1.165, 1.54) is 23.4 Å². The lowest BCUT2D eigenvalue weighted by atomic mass is 10.2. The monoisotopic (exact) mass is 397 g/mol. The number of rotatable bonds is 7. The lowest BCUT2D eigenvalue weighted by Gasteiger charge is -2.14. The van der Waals surface area contributed by atoms with E-state index in [9.17, 15) is 14.4 Å². The van der Waals surface area contributed by atoms with Gasteiger partial charge in [-0.1, -0.05) is 19.1 Å². The van der Waals surface area contributed by atoms with Gasteiger partial charge in [0.05, 0.1) is 25.1 Å². The molecule has 1 heterocycles. The summed E-state index contributed by atoms with van der Waals surface area (Å²) in [6, 6.07) is 11.8. The van der Waals surface area contributed by atoms with Crippen LogP contribution in [0, 0.1) is 0 Å². The summed E-state index contributed by atoms with van der Waals surface area (Å²) >= 11 is 0. The van der Waals surface area contributed by atoms with Crippen LogP contribution in [0.1, 0.15) is 13.3 Å². The fraction of sp³-hybridized carbons (Fsp3) is 0.286. The highest BCUT2D eigenvalue weighted by atomic mass is 16.5. The van der Waals surface area contributed by atoms with Gasteiger partial charge < -0.3 is 14.8 Å². The fourth-order valence-electron chi connectivity index (χ4n) is 3.20. The Morgan fingerprint density at radius 3 is 2.41 bits per heavy atom. The molecular formula is C21H23N3O5. The molecule has 0 bridgehead atoms. The second kappa shape index (κ2) is 8.64. The molecule has 0 saturated carbocycles. The molecule has 0 aliphatic rings. The van der Waals surface area contributed by atoms with E-state index in [0.29, 0.717) is 41.1 Å². The van der Waals surface area contributed by atoms with Gasteiger partial charge in [-0.2, -0.15) is 0 Å². The molecule has 0 aliphatic carbocycles. The normalized spacial score (nSPS) is 10.7. The second-order valence-electron chi connectivity index (χ2n) is 6.46. The zero-order chi connectivity index (χ0) is 21.0. The Bertz CT molecular complexity index is 1160. The fourth-order valence-corrected chi connectivity index (χ4v) is 3.20. The SMILES string of the molecule is CCCn1c(=O)c2ccccc2n(CC(=O)Nc2ccc(OC)c(OC)c2)c1=O. The predicted octanol–water partition coefficient (Wildman–Crippen LogP) is 2.23. The average molecular weight is 397 g/mol. The van der Waals surface area contributed by atoms with Gasteiger partial charge in [0, 0.05) is 18.3 Å². The summed E-state index contributed by atoms with van der Waals surface area (Å²) in [5.74, 6) is 0.620. The van der Waals surface area contributed by atoms with Crippen LogP contribution in [-0.2, 0) is 17.9 Å². The minimum absolute atomic E-state index is 0.225. The highest BCUT2D eigenvalue weighted by molar-refractivity contribution is 5.92. The van der Waals surface area contributed by atoms with Crippen LogP contribution in [0.5, 0.6) is 11.5 Å². The molecule has 8 heteroatoms. The van der Waals surface area contributed by atoms with E-state index in [4.69, 9.17) is 9.47 Å². The lowest BCUT2D eigenvalue weighted by molar-refractivity contribution is -0.116. The molecule has 1 aromatic heterocycles. The largest absolute Gasteiger partial charge is 0.493 e. The number of fused-ring (bicyclic) bond motifs is 1. The first kappa shape index (κ1) is 20.2. The van der Waals surface area contributed by atoms with Crippen molar-refractivity contribution in [2.24, 2.45) is 0 Å². The molecule has 2 aromatic carbocycles. The van der Waals surface area contributed by atoms with Gasteiger partial charge in [-0.3, -0.25) is 18.7 Å². The minimum Gasteiger partial charge on any atom is -0.493 e. The van der Waals surface area contributed by atoms with Crippen molar-refractivity contribution in [3.05, 3.63) is 63.3 Å². The van der Waals surface area contributed by atoms with Gasteiger partial charge in [0.15, 0.2) is 11.5 Å². The number of carbonyl (C=O) groups excluding carboxylic acids is 1. The van der Waals surface area contributed by atoms with Gasteiger partial charge in [-0.05, 0) is 30.7 Å². The predicted molar refractivity (Wildman–Crippen MR) is 111 cm³/mol. The average Bonchev–Trinajstić information content (AvgIpc) is 2.74. The van der Waals surface area contributed by atoms with Crippen molar-refractivity contribution in [2.75, 3.05) is 19.5 Å². The molecule has 8 nitrogen and oxygen atoms in total. The van der Waals surface area contributed by atoms with Gasteiger partial charge in [-0.15, -0.1) is 0 Å². The summed E-state index contributed by atoms with van der Waals surface area (Å²) < 4.78 is 12.9. The molecule has 0 radical (unpaired) electrons. The summed E-state index contributed by atoms with van der Waals surface area (Å²) in [5.41, 5.74) is 0.0891. The van der Waals surface area contributed by atoms with E-state index in [-0.39, 0.29) is 12.1 Å². The molecule has 0 saturated heterocycles. The van der Waals surface area contributed by atoms with Crippen LogP contribution in [0.15, 0.2) is 52.1 Å². The van der Waals surface area contributed by atoms with Crippen LogP contribution < -0.4 is 26.0 Å². The smallest absolute Gasteiger partial charge is 0.331 e. The second-order valence-corrected chi connectivity index (χ2v) is 6.46. The van der Waals surface area contributed by atoms with Crippen molar-refractivity contribution < 1.29 is 14.3 Å². The first-order chi connectivity index (χ1) is 14.0. The molecule has 1 N–H and O–H groups in total. The van der Waals surface area contributed by atoms with Crippen molar-refractivity contribution in [3.63, 3.8) is 0 Å². The Hall–Kier alpha value is -3.55. The molecule has 3 rings (SSSR count). The molecule has 0 aliphatic heterocycles. The Morgan fingerprint density at radius 1 is 1.00 bits per heavy atom.